The Bertz CT molecular complexity index is 1160. The number of aromatic hydroxyl groups is 1. The molecule has 1 aliphatic rings. The lowest BCUT2D eigenvalue weighted by atomic mass is 10.0. The molecule has 4 rings (SSSR count). The molecule has 0 fully saturated rings. The van der Waals surface area contributed by atoms with Crippen molar-refractivity contribution in [3.8, 4) is 5.75 Å². The van der Waals surface area contributed by atoms with Gasteiger partial charge in [-0.1, -0.05) is 29.6 Å². The van der Waals surface area contributed by atoms with Crippen LogP contribution in [0.2, 0.25) is 5.02 Å². The zero-order valence-electron chi connectivity index (χ0n) is 15.5. The summed E-state index contributed by atoms with van der Waals surface area (Å²) in [4.78, 5) is 18.7. The van der Waals surface area contributed by atoms with Gasteiger partial charge in [0.1, 0.15) is 22.2 Å². The Hall–Kier alpha value is -2.58. The standard InChI is InChI=1S/C20H16ClF2N3O2S/c1-25(29-2)18-11-4-3-7-24-17(11)19(27)14-12(18)9-26(20(14)28)8-10-5-6-13(22)15(21)16(10)23/h3-7,27H,8-9H2,1-2H3. The maximum absolute atomic E-state index is 14.4. The highest BCUT2D eigenvalue weighted by molar-refractivity contribution is 7.99. The lowest BCUT2D eigenvalue weighted by Gasteiger charge is -2.22. The number of hydrogen-bond donors (Lipinski definition) is 1. The van der Waals surface area contributed by atoms with Gasteiger partial charge in [0.25, 0.3) is 5.91 Å². The molecule has 1 aromatic heterocycles. The Morgan fingerprint density at radius 2 is 2.10 bits per heavy atom. The van der Waals surface area contributed by atoms with E-state index >= 15 is 0 Å². The average Bonchev–Trinajstić information content (AvgIpc) is 3.04. The van der Waals surface area contributed by atoms with Crippen molar-refractivity contribution >= 4 is 46.0 Å². The van der Waals surface area contributed by atoms with Gasteiger partial charge in [0.15, 0.2) is 5.75 Å². The van der Waals surface area contributed by atoms with Crippen LogP contribution in [-0.4, -0.2) is 34.2 Å². The Kier molecular flexibility index (Phi) is 5.00. The topological polar surface area (TPSA) is 56.7 Å². The minimum atomic E-state index is -0.895. The van der Waals surface area contributed by atoms with Crippen LogP contribution < -0.4 is 4.31 Å². The summed E-state index contributed by atoms with van der Waals surface area (Å²) >= 11 is 7.12. The van der Waals surface area contributed by atoms with Crippen LogP contribution in [0.15, 0.2) is 30.5 Å². The number of pyridine rings is 1. The molecule has 29 heavy (non-hydrogen) atoms. The van der Waals surface area contributed by atoms with Crippen LogP contribution in [0, 0.1) is 11.6 Å². The molecule has 0 saturated heterocycles. The quantitative estimate of drug-likeness (QED) is 0.473. The fraction of sp³-hybridized carbons (Fsp3) is 0.200. The minimum absolute atomic E-state index is 0.0968. The van der Waals surface area contributed by atoms with Crippen LogP contribution in [0.1, 0.15) is 21.5 Å². The maximum Gasteiger partial charge on any atom is 0.258 e. The summed E-state index contributed by atoms with van der Waals surface area (Å²) in [6.45, 7) is 0.0617. The first-order valence-corrected chi connectivity index (χ1v) is 10.2. The number of nitrogens with zero attached hydrogens (tertiary/aromatic N) is 3. The van der Waals surface area contributed by atoms with E-state index in [9.17, 15) is 18.7 Å². The van der Waals surface area contributed by atoms with E-state index in [4.69, 9.17) is 11.6 Å². The van der Waals surface area contributed by atoms with Crippen molar-refractivity contribution in [1.82, 2.24) is 9.88 Å². The third-order valence-electron chi connectivity index (χ3n) is 5.03. The van der Waals surface area contributed by atoms with Crippen molar-refractivity contribution in [1.29, 1.82) is 0 Å². The first kappa shape index (κ1) is 19.7. The molecular formula is C20H16ClF2N3O2S. The predicted molar refractivity (Wildman–Crippen MR) is 110 cm³/mol. The molecule has 150 valence electrons. The lowest BCUT2D eigenvalue weighted by molar-refractivity contribution is 0.0763. The molecule has 3 aromatic rings. The molecule has 0 aliphatic carbocycles. The highest BCUT2D eigenvalue weighted by Gasteiger charge is 2.36. The van der Waals surface area contributed by atoms with Crippen molar-refractivity contribution in [3.05, 3.63) is 63.8 Å². The fourth-order valence-electron chi connectivity index (χ4n) is 3.60. The number of phenolic OH excluding ortho intramolecular Hbond substituents is 1. The van der Waals surface area contributed by atoms with Gasteiger partial charge in [-0.3, -0.25) is 9.78 Å². The van der Waals surface area contributed by atoms with Crippen molar-refractivity contribution in [3.63, 3.8) is 0 Å². The molecule has 1 N–H and O–H groups in total. The van der Waals surface area contributed by atoms with Gasteiger partial charge in [0, 0.05) is 49.1 Å². The highest BCUT2D eigenvalue weighted by atomic mass is 35.5. The first-order chi connectivity index (χ1) is 13.8. The number of rotatable bonds is 4. The van der Waals surface area contributed by atoms with Gasteiger partial charge < -0.3 is 14.3 Å². The van der Waals surface area contributed by atoms with E-state index in [0.717, 1.165) is 11.8 Å². The normalized spacial score (nSPS) is 13.3. The summed E-state index contributed by atoms with van der Waals surface area (Å²) < 4.78 is 29.7. The number of phenols is 1. The van der Waals surface area contributed by atoms with Crippen molar-refractivity contribution in [2.45, 2.75) is 13.1 Å². The molecule has 1 amide bonds. The Morgan fingerprint density at radius 3 is 2.83 bits per heavy atom. The number of benzene rings is 2. The van der Waals surface area contributed by atoms with E-state index in [2.05, 4.69) is 4.98 Å². The number of hydrogen-bond acceptors (Lipinski definition) is 5. The average molecular weight is 436 g/mol. The van der Waals surface area contributed by atoms with Crippen molar-refractivity contribution in [2.75, 3.05) is 17.6 Å². The van der Waals surface area contributed by atoms with E-state index in [-0.39, 0.29) is 30.0 Å². The highest BCUT2D eigenvalue weighted by Crippen LogP contribution is 2.45. The summed E-state index contributed by atoms with van der Waals surface area (Å²) in [6, 6.07) is 5.92. The molecule has 0 atom stereocenters. The molecule has 0 radical (unpaired) electrons. The molecule has 9 heteroatoms. The summed E-state index contributed by atoms with van der Waals surface area (Å²) in [5.74, 6) is -2.39. The molecule has 2 aromatic carbocycles. The third kappa shape index (κ3) is 3.07. The van der Waals surface area contributed by atoms with Crippen LogP contribution in [0.5, 0.6) is 5.75 Å². The van der Waals surface area contributed by atoms with Gasteiger partial charge in [-0.25, -0.2) is 8.78 Å². The first-order valence-electron chi connectivity index (χ1n) is 8.67. The van der Waals surface area contributed by atoms with Gasteiger partial charge >= 0.3 is 0 Å². The zero-order valence-corrected chi connectivity index (χ0v) is 17.1. The number of aromatic nitrogens is 1. The van der Waals surface area contributed by atoms with Gasteiger partial charge in [-0.05, 0) is 18.2 Å². The largest absolute Gasteiger partial charge is 0.505 e. The monoisotopic (exact) mass is 435 g/mol. The van der Waals surface area contributed by atoms with Gasteiger partial charge in [0.05, 0.1) is 11.3 Å². The lowest BCUT2D eigenvalue weighted by Crippen LogP contribution is -2.24. The molecule has 0 spiro atoms. The summed E-state index contributed by atoms with van der Waals surface area (Å²) in [5, 5.41) is 10.9. The minimum Gasteiger partial charge on any atom is -0.505 e. The van der Waals surface area contributed by atoms with E-state index < -0.39 is 22.6 Å². The molecule has 0 unspecified atom stereocenters. The molecule has 1 aliphatic heterocycles. The van der Waals surface area contributed by atoms with Gasteiger partial charge in [-0.2, -0.15) is 0 Å². The second kappa shape index (κ2) is 7.35. The van der Waals surface area contributed by atoms with Gasteiger partial charge in [0.2, 0.25) is 0 Å². The van der Waals surface area contributed by atoms with Crippen molar-refractivity contribution < 1.29 is 18.7 Å². The molecule has 0 bridgehead atoms. The van der Waals surface area contributed by atoms with E-state index in [0.29, 0.717) is 16.5 Å². The maximum atomic E-state index is 14.4. The summed E-state index contributed by atoms with van der Waals surface area (Å²) in [6.07, 6.45) is 3.44. The Morgan fingerprint density at radius 1 is 1.34 bits per heavy atom. The van der Waals surface area contributed by atoms with E-state index in [1.165, 1.54) is 22.9 Å². The Balaban J connectivity index is 1.83. The molecule has 0 saturated carbocycles. The number of fused-ring (bicyclic) bond motifs is 2. The number of halogens is 3. The fourth-order valence-corrected chi connectivity index (χ4v) is 4.18. The summed E-state index contributed by atoms with van der Waals surface area (Å²) in [5.41, 5.74) is 1.98. The zero-order chi connectivity index (χ0) is 20.9. The van der Waals surface area contributed by atoms with E-state index in [1.807, 2.05) is 23.7 Å². The smallest absolute Gasteiger partial charge is 0.258 e. The number of carbonyl (C=O) groups excluding carboxylic acids is 1. The second-order valence-corrected chi connectivity index (χ2v) is 7.92. The predicted octanol–water partition coefficient (Wildman–Crippen LogP) is 4.74. The SMILES string of the molecule is CSN(C)c1c2c(c(O)c3ncccc13)C(=O)N(Cc1ccc(F)c(Cl)c1F)C2. The third-order valence-corrected chi connectivity index (χ3v) is 6.10. The second-order valence-electron chi connectivity index (χ2n) is 6.63. The molecule has 2 heterocycles. The number of anilines is 1. The van der Waals surface area contributed by atoms with Crippen LogP contribution in [0.4, 0.5) is 14.5 Å². The van der Waals surface area contributed by atoms with Gasteiger partial charge in [-0.15, -0.1) is 0 Å². The van der Waals surface area contributed by atoms with Crippen LogP contribution in [-0.2, 0) is 13.1 Å². The molecule has 5 nitrogen and oxygen atoms in total. The van der Waals surface area contributed by atoms with Crippen LogP contribution in [0.25, 0.3) is 10.9 Å². The van der Waals surface area contributed by atoms with E-state index in [1.54, 1.807) is 12.3 Å². The van der Waals surface area contributed by atoms with Crippen LogP contribution >= 0.6 is 23.5 Å². The molecular weight excluding hydrogens is 420 g/mol. The van der Waals surface area contributed by atoms with Crippen LogP contribution in [0.3, 0.4) is 0 Å². The van der Waals surface area contributed by atoms with Crippen molar-refractivity contribution in [2.24, 2.45) is 0 Å². The summed E-state index contributed by atoms with van der Waals surface area (Å²) in [7, 11) is 1.86. The number of carbonyl (C=O) groups is 1. The Labute approximate surface area is 175 Å². The number of amides is 1.